The van der Waals surface area contributed by atoms with E-state index in [9.17, 15) is 27.6 Å². The number of benzene rings is 1. The van der Waals surface area contributed by atoms with E-state index in [4.69, 9.17) is 9.47 Å². The smallest absolute Gasteiger partial charge is 0.407 e. The number of hydrogen-bond acceptors (Lipinski definition) is 9. The number of aromatic nitrogens is 2. The lowest BCUT2D eigenvalue weighted by Crippen LogP contribution is -2.59. The lowest BCUT2D eigenvalue weighted by atomic mass is 9.83. The zero-order valence-corrected chi connectivity index (χ0v) is 32.9. The molecule has 3 saturated carbocycles. The van der Waals surface area contributed by atoms with E-state index < -0.39 is 68.7 Å². The third-order valence-electron chi connectivity index (χ3n) is 12.5. The topological polar surface area (TPSA) is 178 Å². The van der Waals surface area contributed by atoms with Crippen LogP contribution in [0.25, 0.3) is 16.6 Å². The third-order valence-corrected chi connectivity index (χ3v) is 14.3. The molecule has 4 amide bonds. The highest BCUT2D eigenvalue weighted by molar-refractivity contribution is 7.91. The highest BCUT2D eigenvalue weighted by Crippen LogP contribution is 2.46. The Morgan fingerprint density at radius 1 is 1.07 bits per heavy atom. The van der Waals surface area contributed by atoms with Crippen LogP contribution in [0.2, 0.25) is 0 Å². The van der Waals surface area contributed by atoms with E-state index in [-0.39, 0.29) is 37.3 Å². The number of pyridine rings is 1. The molecule has 1 saturated heterocycles. The number of carbonyl (C=O) groups is 4. The summed E-state index contributed by atoms with van der Waals surface area (Å²) in [5, 5.41) is 6.02. The fraction of sp³-hybridized carbons (Fsp3) is 0.585. The zero-order valence-electron chi connectivity index (χ0n) is 32.1. The molecule has 2 aromatic heterocycles. The summed E-state index contributed by atoms with van der Waals surface area (Å²) in [4.78, 5) is 62.5. The van der Waals surface area contributed by atoms with Crippen molar-refractivity contribution in [2.75, 3.05) is 13.2 Å². The number of imidazole rings is 1. The molecule has 300 valence electrons. The number of nitrogens with zero attached hydrogens (tertiary/aromatic N) is 3. The van der Waals surface area contributed by atoms with Gasteiger partial charge in [-0.05, 0) is 80.4 Å². The largest absolute Gasteiger partial charge is 0.488 e. The van der Waals surface area contributed by atoms with Gasteiger partial charge in [-0.15, -0.1) is 6.58 Å². The van der Waals surface area contributed by atoms with Crippen molar-refractivity contribution >= 4 is 50.4 Å². The van der Waals surface area contributed by atoms with Gasteiger partial charge < -0.3 is 25.0 Å². The van der Waals surface area contributed by atoms with Crippen molar-refractivity contribution in [1.82, 2.24) is 29.6 Å². The maximum atomic E-state index is 14.9. The number of hydrogen-bond donors (Lipinski definition) is 3. The fourth-order valence-electron chi connectivity index (χ4n) is 8.94. The van der Waals surface area contributed by atoms with Crippen LogP contribution in [-0.2, 0) is 35.6 Å². The van der Waals surface area contributed by atoms with E-state index >= 15 is 0 Å². The summed E-state index contributed by atoms with van der Waals surface area (Å²) in [5.41, 5.74) is 0.847. The Hall–Kier alpha value is -4.66. The van der Waals surface area contributed by atoms with Crippen molar-refractivity contribution in [3.05, 3.63) is 54.9 Å². The average Bonchev–Trinajstić information content (AvgIpc) is 4.06. The number of ether oxygens (including phenoxy) is 2. The van der Waals surface area contributed by atoms with Gasteiger partial charge in [0.15, 0.2) is 0 Å². The van der Waals surface area contributed by atoms with Crippen molar-refractivity contribution < 1.29 is 37.1 Å². The molecule has 56 heavy (non-hydrogen) atoms. The molecular weight excluding hydrogens is 737 g/mol. The molecule has 15 heteroatoms. The number of amides is 4. The summed E-state index contributed by atoms with van der Waals surface area (Å²) in [6, 6.07) is 6.09. The van der Waals surface area contributed by atoms with Crippen LogP contribution in [-0.4, -0.2) is 88.6 Å². The number of sulfonamides is 1. The molecule has 0 spiro atoms. The van der Waals surface area contributed by atoms with E-state index in [1.807, 2.05) is 16.7 Å². The van der Waals surface area contributed by atoms with Crippen LogP contribution in [0.3, 0.4) is 0 Å². The average molecular weight is 789 g/mol. The third kappa shape index (κ3) is 7.58. The number of alkyl carbamates (subject to hydrolysis) is 1. The molecule has 0 radical (unpaired) electrons. The van der Waals surface area contributed by atoms with E-state index in [1.54, 1.807) is 6.20 Å². The Balaban J connectivity index is 1.16. The number of nitrogens with one attached hydrogen (secondary N) is 3. The molecule has 4 heterocycles. The van der Waals surface area contributed by atoms with Crippen LogP contribution in [0.1, 0.15) is 90.0 Å². The quantitative estimate of drug-likeness (QED) is 0.290. The minimum absolute atomic E-state index is 0.0326. The normalized spacial score (nSPS) is 28.8. The van der Waals surface area contributed by atoms with Gasteiger partial charge in [0.25, 0.3) is 5.91 Å². The molecule has 5 atom stereocenters. The van der Waals surface area contributed by atoms with Gasteiger partial charge >= 0.3 is 6.09 Å². The summed E-state index contributed by atoms with van der Waals surface area (Å²) >= 11 is 0. The fourth-order valence-corrected chi connectivity index (χ4v) is 10.3. The Morgan fingerprint density at radius 2 is 1.86 bits per heavy atom. The molecule has 8 rings (SSSR count). The minimum Gasteiger partial charge on any atom is -0.488 e. The molecule has 4 bridgehead atoms. The maximum Gasteiger partial charge on any atom is 0.407 e. The summed E-state index contributed by atoms with van der Waals surface area (Å²) < 4.78 is 42.4. The van der Waals surface area contributed by atoms with Crippen LogP contribution in [0.15, 0.2) is 49.3 Å². The molecule has 3 aliphatic carbocycles. The van der Waals surface area contributed by atoms with Gasteiger partial charge in [-0.3, -0.25) is 23.5 Å². The van der Waals surface area contributed by atoms with Gasteiger partial charge in [-0.1, -0.05) is 45.3 Å². The zero-order chi connectivity index (χ0) is 39.4. The molecule has 14 nitrogen and oxygen atoms in total. The molecular formula is C41H52N6O8S. The van der Waals surface area contributed by atoms with Crippen molar-refractivity contribution in [2.45, 2.75) is 120 Å². The second-order valence-corrected chi connectivity index (χ2v) is 19.3. The predicted octanol–water partition coefficient (Wildman–Crippen LogP) is 4.54. The second kappa shape index (κ2) is 14.7. The number of rotatable bonds is 7. The van der Waals surface area contributed by atoms with Crippen LogP contribution in [0.4, 0.5) is 4.79 Å². The van der Waals surface area contributed by atoms with Gasteiger partial charge in [0, 0.05) is 36.2 Å². The van der Waals surface area contributed by atoms with E-state index in [1.165, 1.54) is 11.0 Å². The van der Waals surface area contributed by atoms with E-state index in [2.05, 4.69) is 59.0 Å². The van der Waals surface area contributed by atoms with Crippen LogP contribution < -0.4 is 20.1 Å². The van der Waals surface area contributed by atoms with Gasteiger partial charge in [-0.2, -0.15) is 0 Å². The first-order valence-corrected chi connectivity index (χ1v) is 21.6. The Labute approximate surface area is 327 Å². The van der Waals surface area contributed by atoms with Gasteiger partial charge in [-0.25, -0.2) is 18.2 Å². The molecule has 3 N–H and O–H groups in total. The predicted molar refractivity (Wildman–Crippen MR) is 208 cm³/mol. The maximum absolute atomic E-state index is 14.9. The van der Waals surface area contributed by atoms with Crippen LogP contribution >= 0.6 is 0 Å². The highest BCUT2D eigenvalue weighted by atomic mass is 32.2. The lowest BCUT2D eigenvalue weighted by molar-refractivity contribution is -0.142. The SMILES string of the molecule is C=C[C@@H]1C[C@]1(NC(=O)[C@@H]1C[C@@H]2CN1C(=O)[C@H](C1CCCCC1)NC(=O)OCC(C)(C)CCCc1ccc3c(c1)c(cc1nccn13)O2)C(=O)NS(=O)(=O)C1CC1. The number of aryl methyl sites for hydroxylation is 1. The van der Waals surface area contributed by atoms with Crippen LogP contribution in [0.5, 0.6) is 5.75 Å². The van der Waals surface area contributed by atoms with Crippen molar-refractivity contribution in [2.24, 2.45) is 17.3 Å². The Bertz CT molecular complexity index is 2180. The standard InChI is InChI=1S/C41H52N6O8S/c1-4-27-22-41(27,38(50)45-56(52,53)29-13-14-29)44-36(48)32-20-28-23-47(32)37(49)35(26-10-6-5-7-11-26)43-39(51)54-24-40(2,3)16-8-9-25-12-15-31-30(19-25)33(55-28)21-34-42-17-18-46(31)34/h4,12,15,17-19,21,26-29,32,35H,1,5-11,13-14,16,20,22-24H2,2-3H3,(H,43,51)(H,44,48)(H,45,50)/t27-,28-,32+,35+,41-/m1/s1. The second-order valence-electron chi connectivity index (χ2n) is 17.3. The molecule has 0 unspecified atom stereocenters. The van der Waals surface area contributed by atoms with Crippen molar-refractivity contribution in [3.63, 3.8) is 0 Å². The first kappa shape index (κ1) is 38.2. The van der Waals surface area contributed by atoms with E-state index in [0.717, 1.165) is 67.8 Å². The Morgan fingerprint density at radius 3 is 2.59 bits per heavy atom. The monoisotopic (exact) mass is 788 g/mol. The molecule has 1 aromatic carbocycles. The molecule has 4 fully saturated rings. The summed E-state index contributed by atoms with van der Waals surface area (Å²) in [7, 11) is -3.89. The number of carbonyl (C=O) groups excluding carboxylic acids is 4. The van der Waals surface area contributed by atoms with Gasteiger partial charge in [0.1, 0.15) is 35.1 Å². The lowest BCUT2D eigenvalue weighted by Gasteiger charge is -2.35. The summed E-state index contributed by atoms with van der Waals surface area (Å²) in [6.45, 7) is 8.14. The number of fused-ring (bicyclic) bond motifs is 5. The molecule has 2 aliphatic heterocycles. The summed E-state index contributed by atoms with van der Waals surface area (Å²) in [5.74, 6) is -1.95. The summed E-state index contributed by atoms with van der Waals surface area (Å²) in [6.07, 6.45) is 11.8. The minimum atomic E-state index is -3.89. The molecule has 5 aliphatic rings. The van der Waals surface area contributed by atoms with Gasteiger partial charge in [0.2, 0.25) is 21.8 Å². The highest BCUT2D eigenvalue weighted by Gasteiger charge is 2.62. The first-order chi connectivity index (χ1) is 26.8. The molecule has 3 aromatic rings. The number of cyclic esters (lactones) is 1. The van der Waals surface area contributed by atoms with Crippen LogP contribution in [0, 0.1) is 17.3 Å². The van der Waals surface area contributed by atoms with E-state index in [0.29, 0.717) is 24.2 Å². The van der Waals surface area contributed by atoms with Crippen molar-refractivity contribution in [1.29, 1.82) is 0 Å². The van der Waals surface area contributed by atoms with Crippen molar-refractivity contribution in [3.8, 4) is 5.75 Å². The Kier molecular flexibility index (Phi) is 10.0. The van der Waals surface area contributed by atoms with Gasteiger partial charge in [0.05, 0.1) is 23.9 Å². The first-order valence-electron chi connectivity index (χ1n) is 20.1.